The summed E-state index contributed by atoms with van der Waals surface area (Å²) >= 11 is 0. The summed E-state index contributed by atoms with van der Waals surface area (Å²) in [6.07, 6.45) is 5.69. The first-order valence-corrected chi connectivity index (χ1v) is 3.35. The van der Waals surface area contributed by atoms with Gasteiger partial charge in [-0.2, -0.15) is 5.26 Å². The molecule has 0 radical (unpaired) electrons. The molecule has 1 atom stereocenters. The molecule has 0 aromatic carbocycles. The molecule has 0 N–H and O–H groups in total. The molecule has 1 unspecified atom stereocenters. The summed E-state index contributed by atoms with van der Waals surface area (Å²) in [7, 11) is 0. The van der Waals surface area contributed by atoms with Gasteiger partial charge in [0, 0.05) is 6.08 Å². The number of nitrogens with zero attached hydrogens (tertiary/aromatic N) is 1. The molecule has 0 rings (SSSR count). The van der Waals surface area contributed by atoms with Gasteiger partial charge in [0.05, 0.1) is 6.07 Å². The van der Waals surface area contributed by atoms with E-state index in [1.165, 1.54) is 6.42 Å². The zero-order chi connectivity index (χ0) is 7.11. The Kier molecular flexibility index (Phi) is 4.91. The fourth-order valence-electron chi connectivity index (χ4n) is 0.520. The van der Waals surface area contributed by atoms with Crippen LogP contribution in [0.15, 0.2) is 12.2 Å². The molecular weight excluding hydrogens is 110 g/mol. The lowest BCUT2D eigenvalue weighted by molar-refractivity contribution is 0.572. The monoisotopic (exact) mass is 123 g/mol. The van der Waals surface area contributed by atoms with E-state index in [2.05, 4.69) is 13.8 Å². The Morgan fingerprint density at radius 2 is 2.33 bits per heavy atom. The van der Waals surface area contributed by atoms with Crippen LogP contribution in [-0.2, 0) is 0 Å². The van der Waals surface area contributed by atoms with Crippen LogP contribution in [0.1, 0.15) is 26.7 Å². The maximum atomic E-state index is 8.12. The Morgan fingerprint density at radius 3 is 2.78 bits per heavy atom. The van der Waals surface area contributed by atoms with Crippen molar-refractivity contribution in [3.8, 4) is 6.07 Å². The van der Waals surface area contributed by atoms with E-state index in [1.54, 1.807) is 6.08 Å². The number of hydrogen-bond donors (Lipinski definition) is 0. The molecular formula is C8H13N. The average Bonchev–Trinajstić information content (AvgIpc) is 1.89. The molecule has 0 saturated carbocycles. The summed E-state index contributed by atoms with van der Waals surface area (Å²) in [6.45, 7) is 4.34. The highest BCUT2D eigenvalue weighted by Gasteiger charge is 1.91. The SMILES string of the molecule is CCC(C)CC=CC#N. The van der Waals surface area contributed by atoms with E-state index in [0.717, 1.165) is 12.3 Å². The Bertz CT molecular complexity index is 119. The summed E-state index contributed by atoms with van der Waals surface area (Å²) in [6, 6.07) is 1.97. The van der Waals surface area contributed by atoms with Crippen LogP contribution in [0, 0.1) is 17.2 Å². The van der Waals surface area contributed by atoms with Crippen LogP contribution in [0.25, 0.3) is 0 Å². The van der Waals surface area contributed by atoms with Crippen LogP contribution in [-0.4, -0.2) is 0 Å². The number of nitriles is 1. The molecule has 0 aromatic rings. The molecule has 0 heterocycles. The van der Waals surface area contributed by atoms with Gasteiger partial charge in [-0.1, -0.05) is 26.3 Å². The zero-order valence-corrected chi connectivity index (χ0v) is 6.09. The van der Waals surface area contributed by atoms with Gasteiger partial charge in [-0.25, -0.2) is 0 Å². The summed E-state index contributed by atoms with van der Waals surface area (Å²) in [5.41, 5.74) is 0. The highest BCUT2D eigenvalue weighted by Crippen LogP contribution is 2.05. The predicted molar refractivity (Wildman–Crippen MR) is 38.8 cm³/mol. The van der Waals surface area contributed by atoms with Crippen molar-refractivity contribution in [2.45, 2.75) is 26.7 Å². The highest BCUT2D eigenvalue weighted by molar-refractivity contribution is 5.01. The van der Waals surface area contributed by atoms with Gasteiger partial charge in [-0.15, -0.1) is 0 Å². The molecule has 0 amide bonds. The van der Waals surface area contributed by atoms with Crippen LogP contribution in [0.4, 0.5) is 0 Å². The van der Waals surface area contributed by atoms with E-state index < -0.39 is 0 Å². The van der Waals surface area contributed by atoms with Gasteiger partial charge in [0.15, 0.2) is 0 Å². The Morgan fingerprint density at radius 1 is 1.67 bits per heavy atom. The summed E-state index contributed by atoms with van der Waals surface area (Å²) in [4.78, 5) is 0. The molecule has 0 aliphatic heterocycles. The van der Waals surface area contributed by atoms with Gasteiger partial charge < -0.3 is 0 Å². The van der Waals surface area contributed by atoms with Gasteiger partial charge in [0.1, 0.15) is 0 Å². The molecule has 0 bridgehead atoms. The maximum Gasteiger partial charge on any atom is 0.0908 e. The van der Waals surface area contributed by atoms with Crippen LogP contribution in [0.2, 0.25) is 0 Å². The molecule has 9 heavy (non-hydrogen) atoms. The molecule has 0 aliphatic carbocycles. The second-order valence-electron chi connectivity index (χ2n) is 2.28. The molecule has 0 saturated heterocycles. The minimum atomic E-state index is 0.717. The van der Waals surface area contributed by atoms with Crippen molar-refractivity contribution in [3.05, 3.63) is 12.2 Å². The smallest absolute Gasteiger partial charge is 0.0908 e. The van der Waals surface area contributed by atoms with Crippen molar-refractivity contribution < 1.29 is 0 Å². The summed E-state index contributed by atoms with van der Waals surface area (Å²) in [5.74, 6) is 0.717. The van der Waals surface area contributed by atoms with E-state index in [1.807, 2.05) is 12.1 Å². The lowest BCUT2D eigenvalue weighted by atomic mass is 10.1. The second kappa shape index (κ2) is 5.37. The van der Waals surface area contributed by atoms with Crippen LogP contribution in [0.3, 0.4) is 0 Å². The largest absolute Gasteiger partial charge is 0.193 e. The Labute approximate surface area is 57.0 Å². The third-order valence-corrected chi connectivity index (χ3v) is 1.43. The minimum absolute atomic E-state index is 0.717. The normalized spacial score (nSPS) is 13.4. The van der Waals surface area contributed by atoms with Crippen LogP contribution < -0.4 is 0 Å². The first-order chi connectivity index (χ1) is 4.31. The van der Waals surface area contributed by atoms with Crippen LogP contribution in [0.5, 0.6) is 0 Å². The van der Waals surface area contributed by atoms with Crippen LogP contribution >= 0.6 is 0 Å². The third kappa shape index (κ3) is 5.10. The van der Waals surface area contributed by atoms with Gasteiger partial charge >= 0.3 is 0 Å². The first kappa shape index (κ1) is 8.23. The van der Waals surface area contributed by atoms with Crippen molar-refractivity contribution in [1.82, 2.24) is 0 Å². The number of allylic oxidation sites excluding steroid dienone is 2. The molecule has 50 valence electrons. The lowest BCUT2D eigenvalue weighted by Gasteiger charge is -2.00. The highest BCUT2D eigenvalue weighted by atomic mass is 14.2. The topological polar surface area (TPSA) is 23.8 Å². The first-order valence-electron chi connectivity index (χ1n) is 3.35. The fraction of sp³-hybridized carbons (Fsp3) is 0.625. The van der Waals surface area contributed by atoms with Crippen molar-refractivity contribution in [2.24, 2.45) is 5.92 Å². The fourth-order valence-corrected chi connectivity index (χ4v) is 0.520. The van der Waals surface area contributed by atoms with Gasteiger partial charge in [0.25, 0.3) is 0 Å². The lowest BCUT2D eigenvalue weighted by Crippen LogP contribution is -1.87. The third-order valence-electron chi connectivity index (χ3n) is 1.43. The zero-order valence-electron chi connectivity index (χ0n) is 6.09. The van der Waals surface area contributed by atoms with Gasteiger partial charge in [-0.3, -0.25) is 0 Å². The number of hydrogen-bond acceptors (Lipinski definition) is 1. The Balaban J connectivity index is 3.28. The maximum absolute atomic E-state index is 8.12. The average molecular weight is 123 g/mol. The van der Waals surface area contributed by atoms with Crippen molar-refractivity contribution in [2.75, 3.05) is 0 Å². The summed E-state index contributed by atoms with van der Waals surface area (Å²) in [5, 5.41) is 8.12. The van der Waals surface area contributed by atoms with Crippen molar-refractivity contribution in [1.29, 1.82) is 5.26 Å². The Hall–Kier alpha value is -0.770. The van der Waals surface area contributed by atoms with E-state index in [-0.39, 0.29) is 0 Å². The van der Waals surface area contributed by atoms with Gasteiger partial charge in [-0.05, 0) is 12.3 Å². The molecule has 0 aromatic heterocycles. The molecule has 0 spiro atoms. The van der Waals surface area contributed by atoms with E-state index in [0.29, 0.717) is 0 Å². The van der Waals surface area contributed by atoms with E-state index in [9.17, 15) is 0 Å². The predicted octanol–water partition coefficient (Wildman–Crippen LogP) is 2.50. The van der Waals surface area contributed by atoms with Gasteiger partial charge in [0.2, 0.25) is 0 Å². The molecule has 0 fully saturated rings. The molecule has 0 aliphatic rings. The molecule has 1 heteroatoms. The standard InChI is InChI=1S/C8H13N/c1-3-8(2)6-4-5-7-9/h4-5,8H,3,6H2,1-2H3. The molecule has 1 nitrogen and oxygen atoms in total. The van der Waals surface area contributed by atoms with E-state index in [4.69, 9.17) is 5.26 Å². The minimum Gasteiger partial charge on any atom is -0.193 e. The van der Waals surface area contributed by atoms with Crippen molar-refractivity contribution >= 4 is 0 Å². The second-order valence-corrected chi connectivity index (χ2v) is 2.28. The van der Waals surface area contributed by atoms with Crippen molar-refractivity contribution in [3.63, 3.8) is 0 Å². The quantitative estimate of drug-likeness (QED) is 0.529. The summed E-state index contributed by atoms with van der Waals surface area (Å²) < 4.78 is 0. The van der Waals surface area contributed by atoms with E-state index >= 15 is 0 Å². The number of rotatable bonds is 3.